The monoisotopic (exact) mass is 208 g/mol. The predicted molar refractivity (Wildman–Crippen MR) is 58.0 cm³/mol. The Bertz CT molecular complexity index is 367. The third-order valence-corrected chi connectivity index (χ3v) is 3.18. The van der Waals surface area contributed by atoms with Crippen molar-refractivity contribution in [1.82, 2.24) is 0 Å². The lowest BCUT2D eigenvalue weighted by molar-refractivity contribution is 0.0414. The van der Waals surface area contributed by atoms with E-state index in [1.165, 1.54) is 18.9 Å². The van der Waals surface area contributed by atoms with E-state index in [9.17, 15) is 9.50 Å². The Morgan fingerprint density at radius 1 is 1.47 bits per heavy atom. The van der Waals surface area contributed by atoms with Gasteiger partial charge in [0.15, 0.2) is 0 Å². The number of hydrogen-bond acceptors (Lipinski definition) is 1. The third-order valence-electron chi connectivity index (χ3n) is 3.18. The molecule has 1 aromatic rings. The first-order valence-electron chi connectivity index (χ1n) is 5.48. The van der Waals surface area contributed by atoms with E-state index >= 15 is 0 Å². The molecule has 1 aliphatic carbocycles. The van der Waals surface area contributed by atoms with Gasteiger partial charge in [0, 0.05) is 0 Å². The molecular formula is C13H17FO. The van der Waals surface area contributed by atoms with Gasteiger partial charge in [-0.2, -0.15) is 0 Å². The van der Waals surface area contributed by atoms with E-state index < -0.39 is 5.60 Å². The molecule has 0 spiro atoms. The zero-order valence-electron chi connectivity index (χ0n) is 9.26. The van der Waals surface area contributed by atoms with Gasteiger partial charge >= 0.3 is 0 Å². The van der Waals surface area contributed by atoms with Gasteiger partial charge in [0.1, 0.15) is 5.82 Å². The zero-order chi connectivity index (χ0) is 11.1. The second-order valence-corrected chi connectivity index (χ2v) is 4.89. The summed E-state index contributed by atoms with van der Waals surface area (Å²) < 4.78 is 13.4. The van der Waals surface area contributed by atoms with Crippen LogP contribution in [0.15, 0.2) is 18.2 Å². The highest BCUT2D eigenvalue weighted by Gasteiger charge is 2.33. The van der Waals surface area contributed by atoms with Crippen LogP contribution in [0.2, 0.25) is 0 Å². The summed E-state index contributed by atoms with van der Waals surface area (Å²) in [4.78, 5) is 0. The first kappa shape index (κ1) is 10.6. The number of aliphatic hydroxyl groups is 1. The van der Waals surface area contributed by atoms with Crippen molar-refractivity contribution in [1.29, 1.82) is 0 Å². The molecule has 1 saturated carbocycles. The van der Waals surface area contributed by atoms with Crippen LogP contribution in [-0.2, 0) is 5.60 Å². The molecule has 1 N–H and O–H groups in total. The quantitative estimate of drug-likeness (QED) is 0.809. The van der Waals surface area contributed by atoms with Gasteiger partial charge in [-0.25, -0.2) is 4.39 Å². The van der Waals surface area contributed by atoms with Crippen molar-refractivity contribution < 1.29 is 9.50 Å². The average molecular weight is 208 g/mol. The summed E-state index contributed by atoms with van der Waals surface area (Å²) in [5.41, 5.74) is 0.439. The summed E-state index contributed by atoms with van der Waals surface area (Å²) in [6, 6.07) is 5.00. The largest absolute Gasteiger partial charge is 0.385 e. The van der Waals surface area contributed by atoms with Crippen molar-refractivity contribution >= 4 is 0 Å². The molecule has 1 aliphatic rings. The fourth-order valence-electron chi connectivity index (χ4n) is 1.93. The summed E-state index contributed by atoms with van der Waals surface area (Å²) in [5.74, 6) is 0.396. The second-order valence-electron chi connectivity index (χ2n) is 4.89. The Labute approximate surface area is 89.9 Å². The maximum Gasteiger partial charge on any atom is 0.126 e. The van der Waals surface area contributed by atoms with Crippen LogP contribution in [0.4, 0.5) is 4.39 Å². The topological polar surface area (TPSA) is 20.2 Å². The highest BCUT2D eigenvalue weighted by atomic mass is 19.1. The Morgan fingerprint density at radius 2 is 2.13 bits per heavy atom. The molecule has 0 heterocycles. The number of halogens is 1. The summed E-state index contributed by atoms with van der Waals surface area (Å²) in [6.45, 7) is 3.50. The first-order valence-corrected chi connectivity index (χ1v) is 5.48. The van der Waals surface area contributed by atoms with Gasteiger partial charge in [-0.3, -0.25) is 0 Å². The van der Waals surface area contributed by atoms with Crippen molar-refractivity contribution in [3.63, 3.8) is 0 Å². The van der Waals surface area contributed by atoms with Gasteiger partial charge in [0.25, 0.3) is 0 Å². The van der Waals surface area contributed by atoms with E-state index in [1.54, 1.807) is 19.9 Å². The van der Waals surface area contributed by atoms with Crippen LogP contribution in [-0.4, -0.2) is 5.11 Å². The molecule has 1 nitrogen and oxygen atoms in total. The molecule has 0 radical (unpaired) electrons. The highest BCUT2D eigenvalue weighted by Crippen LogP contribution is 2.40. The summed E-state index contributed by atoms with van der Waals surface area (Å²) >= 11 is 0. The smallest absolute Gasteiger partial charge is 0.126 e. The summed E-state index contributed by atoms with van der Waals surface area (Å²) in [5, 5.41) is 10.2. The molecule has 2 heteroatoms. The molecule has 2 rings (SSSR count). The molecule has 82 valence electrons. The van der Waals surface area contributed by atoms with Gasteiger partial charge in [-0.05, 0) is 43.4 Å². The zero-order valence-corrected chi connectivity index (χ0v) is 9.26. The minimum atomic E-state index is -0.879. The summed E-state index contributed by atoms with van der Waals surface area (Å²) in [7, 11) is 0. The van der Waals surface area contributed by atoms with Crippen LogP contribution in [0.5, 0.6) is 0 Å². The normalized spacial score (nSPS) is 20.0. The molecule has 0 amide bonds. The van der Waals surface area contributed by atoms with Gasteiger partial charge in [-0.1, -0.05) is 25.0 Å². The standard InChI is InChI=1S/C13H17FO/c1-9-3-6-11(7-12(9)14)13(2,15)8-10-4-5-10/h3,6-7,10,15H,4-5,8H2,1-2H3. The maximum atomic E-state index is 13.4. The summed E-state index contributed by atoms with van der Waals surface area (Å²) in [6.07, 6.45) is 3.14. The molecule has 1 fully saturated rings. The minimum absolute atomic E-state index is 0.233. The van der Waals surface area contributed by atoms with E-state index in [0.717, 1.165) is 6.42 Å². The van der Waals surface area contributed by atoms with E-state index in [2.05, 4.69) is 0 Å². The molecule has 0 bridgehead atoms. The van der Waals surface area contributed by atoms with Gasteiger partial charge in [-0.15, -0.1) is 0 Å². The van der Waals surface area contributed by atoms with Crippen molar-refractivity contribution in [3.05, 3.63) is 35.1 Å². The van der Waals surface area contributed by atoms with Crippen molar-refractivity contribution in [2.24, 2.45) is 5.92 Å². The predicted octanol–water partition coefficient (Wildman–Crippen LogP) is 3.14. The van der Waals surface area contributed by atoms with Gasteiger partial charge in [0.05, 0.1) is 5.60 Å². The molecular weight excluding hydrogens is 191 g/mol. The molecule has 15 heavy (non-hydrogen) atoms. The van der Waals surface area contributed by atoms with Crippen molar-refractivity contribution in [3.8, 4) is 0 Å². The maximum absolute atomic E-state index is 13.4. The van der Waals surface area contributed by atoms with E-state index in [4.69, 9.17) is 0 Å². The Hall–Kier alpha value is -0.890. The van der Waals surface area contributed by atoms with Crippen molar-refractivity contribution in [2.75, 3.05) is 0 Å². The van der Waals surface area contributed by atoms with Crippen molar-refractivity contribution in [2.45, 2.75) is 38.7 Å². The Kier molecular flexibility index (Phi) is 2.55. The van der Waals surface area contributed by atoms with E-state index in [1.807, 2.05) is 6.07 Å². The average Bonchev–Trinajstić information content (AvgIpc) is 2.92. The Balaban J connectivity index is 2.22. The first-order chi connectivity index (χ1) is 6.99. The lowest BCUT2D eigenvalue weighted by Gasteiger charge is -2.24. The van der Waals surface area contributed by atoms with Gasteiger partial charge in [0.2, 0.25) is 0 Å². The lowest BCUT2D eigenvalue weighted by Crippen LogP contribution is -2.22. The Morgan fingerprint density at radius 3 is 2.67 bits per heavy atom. The number of hydrogen-bond donors (Lipinski definition) is 1. The third kappa shape index (κ3) is 2.37. The second kappa shape index (κ2) is 3.60. The minimum Gasteiger partial charge on any atom is -0.385 e. The molecule has 1 aromatic carbocycles. The van der Waals surface area contributed by atoms with E-state index in [0.29, 0.717) is 17.0 Å². The van der Waals surface area contributed by atoms with E-state index in [-0.39, 0.29) is 5.82 Å². The fourth-order valence-corrected chi connectivity index (χ4v) is 1.93. The van der Waals surface area contributed by atoms with Crippen LogP contribution in [0, 0.1) is 18.7 Å². The molecule has 0 aromatic heterocycles. The molecule has 0 saturated heterocycles. The molecule has 0 aliphatic heterocycles. The molecule has 1 unspecified atom stereocenters. The van der Waals surface area contributed by atoms with Crippen LogP contribution in [0.1, 0.15) is 37.3 Å². The molecule has 1 atom stereocenters. The van der Waals surface area contributed by atoms with Crippen LogP contribution in [0.25, 0.3) is 0 Å². The SMILES string of the molecule is Cc1ccc(C(C)(O)CC2CC2)cc1F. The van der Waals surface area contributed by atoms with Crippen LogP contribution in [0.3, 0.4) is 0 Å². The fraction of sp³-hybridized carbons (Fsp3) is 0.538. The highest BCUT2D eigenvalue weighted by molar-refractivity contribution is 5.27. The van der Waals surface area contributed by atoms with Crippen LogP contribution >= 0.6 is 0 Å². The number of benzene rings is 1. The van der Waals surface area contributed by atoms with Crippen LogP contribution < -0.4 is 0 Å². The number of aryl methyl sites for hydroxylation is 1. The van der Waals surface area contributed by atoms with Gasteiger partial charge < -0.3 is 5.11 Å². The lowest BCUT2D eigenvalue weighted by atomic mass is 9.90. The number of rotatable bonds is 3.